The fourth-order valence-electron chi connectivity index (χ4n) is 1.29. The van der Waals surface area contributed by atoms with Gasteiger partial charge in [-0.1, -0.05) is 0 Å². The van der Waals surface area contributed by atoms with E-state index < -0.39 is 0 Å². The van der Waals surface area contributed by atoms with Crippen LogP contribution in [0.4, 0.5) is 0 Å². The maximum atomic E-state index is 5.14. The fourth-order valence-corrected chi connectivity index (χ4v) is 1.29. The SMILES string of the molecule is COc1cc(C)cc(-c2nnco2)c1. The molecule has 14 heavy (non-hydrogen) atoms. The lowest BCUT2D eigenvalue weighted by Gasteiger charge is -2.03. The molecule has 1 aromatic heterocycles. The van der Waals surface area contributed by atoms with Gasteiger partial charge in [-0.2, -0.15) is 0 Å². The van der Waals surface area contributed by atoms with E-state index in [0.717, 1.165) is 16.9 Å². The second kappa shape index (κ2) is 3.49. The summed E-state index contributed by atoms with van der Waals surface area (Å²) in [5.41, 5.74) is 1.97. The third-order valence-corrected chi connectivity index (χ3v) is 1.89. The smallest absolute Gasteiger partial charge is 0.247 e. The van der Waals surface area contributed by atoms with Crippen LogP contribution >= 0.6 is 0 Å². The Kier molecular flexibility index (Phi) is 2.18. The molecule has 0 unspecified atom stereocenters. The minimum absolute atomic E-state index is 0.506. The van der Waals surface area contributed by atoms with Gasteiger partial charge < -0.3 is 9.15 Å². The average molecular weight is 190 g/mol. The number of ether oxygens (including phenoxy) is 1. The molecule has 0 radical (unpaired) electrons. The minimum Gasteiger partial charge on any atom is -0.497 e. The topological polar surface area (TPSA) is 48.2 Å². The predicted molar refractivity (Wildman–Crippen MR) is 51.0 cm³/mol. The lowest BCUT2D eigenvalue weighted by atomic mass is 10.1. The van der Waals surface area contributed by atoms with Crippen molar-refractivity contribution in [1.29, 1.82) is 0 Å². The summed E-state index contributed by atoms with van der Waals surface area (Å²) in [5.74, 6) is 1.30. The average Bonchev–Trinajstić information content (AvgIpc) is 2.69. The molecule has 0 N–H and O–H groups in total. The lowest BCUT2D eigenvalue weighted by molar-refractivity contribution is 0.414. The molecule has 2 rings (SSSR count). The fraction of sp³-hybridized carbons (Fsp3) is 0.200. The van der Waals surface area contributed by atoms with E-state index in [1.54, 1.807) is 7.11 Å². The van der Waals surface area contributed by atoms with E-state index in [4.69, 9.17) is 9.15 Å². The first-order chi connectivity index (χ1) is 6.79. The maximum absolute atomic E-state index is 5.14. The van der Waals surface area contributed by atoms with Crippen molar-refractivity contribution in [2.75, 3.05) is 7.11 Å². The first-order valence-corrected chi connectivity index (χ1v) is 4.22. The van der Waals surface area contributed by atoms with E-state index in [1.807, 2.05) is 25.1 Å². The van der Waals surface area contributed by atoms with E-state index in [0.29, 0.717) is 5.89 Å². The molecule has 1 aromatic carbocycles. The highest BCUT2D eigenvalue weighted by Crippen LogP contribution is 2.23. The predicted octanol–water partition coefficient (Wildman–Crippen LogP) is 2.05. The monoisotopic (exact) mass is 190 g/mol. The van der Waals surface area contributed by atoms with Crippen LogP contribution in [0.1, 0.15) is 5.56 Å². The van der Waals surface area contributed by atoms with Gasteiger partial charge in [-0.3, -0.25) is 0 Å². The molecule has 0 fully saturated rings. The second-order valence-corrected chi connectivity index (χ2v) is 2.98. The van der Waals surface area contributed by atoms with Gasteiger partial charge in [0.25, 0.3) is 0 Å². The van der Waals surface area contributed by atoms with E-state index >= 15 is 0 Å². The molecule has 0 saturated carbocycles. The van der Waals surface area contributed by atoms with Crippen LogP contribution in [0.2, 0.25) is 0 Å². The summed E-state index contributed by atoms with van der Waals surface area (Å²) in [6, 6.07) is 5.77. The summed E-state index contributed by atoms with van der Waals surface area (Å²) in [6.07, 6.45) is 1.31. The normalized spacial score (nSPS) is 10.1. The van der Waals surface area contributed by atoms with Crippen molar-refractivity contribution in [3.8, 4) is 17.2 Å². The van der Waals surface area contributed by atoms with Crippen LogP contribution in [0.25, 0.3) is 11.5 Å². The van der Waals surface area contributed by atoms with Crippen LogP contribution in [-0.4, -0.2) is 17.3 Å². The summed E-state index contributed by atoms with van der Waals surface area (Å²) in [5, 5.41) is 7.46. The number of rotatable bonds is 2. The Morgan fingerprint density at radius 1 is 1.29 bits per heavy atom. The van der Waals surface area contributed by atoms with Crippen LogP contribution in [-0.2, 0) is 0 Å². The molecule has 0 saturated heterocycles. The molecular formula is C10H10N2O2. The highest BCUT2D eigenvalue weighted by Gasteiger charge is 2.05. The Morgan fingerprint density at radius 2 is 2.14 bits per heavy atom. The number of hydrogen-bond acceptors (Lipinski definition) is 4. The van der Waals surface area contributed by atoms with Gasteiger partial charge in [0.2, 0.25) is 12.3 Å². The van der Waals surface area contributed by atoms with Gasteiger partial charge in [-0.15, -0.1) is 10.2 Å². The minimum atomic E-state index is 0.506. The van der Waals surface area contributed by atoms with Gasteiger partial charge in [0.05, 0.1) is 7.11 Å². The number of nitrogens with zero attached hydrogens (tertiary/aromatic N) is 2. The summed E-state index contributed by atoms with van der Waals surface area (Å²) in [4.78, 5) is 0. The van der Waals surface area contributed by atoms with Crippen molar-refractivity contribution in [3.05, 3.63) is 30.2 Å². The number of methoxy groups -OCH3 is 1. The van der Waals surface area contributed by atoms with E-state index in [2.05, 4.69) is 10.2 Å². The van der Waals surface area contributed by atoms with Crippen LogP contribution in [0.15, 0.2) is 29.0 Å². The Balaban J connectivity index is 2.48. The number of benzene rings is 1. The Bertz CT molecular complexity index is 424. The standard InChI is InChI=1S/C10H10N2O2/c1-7-3-8(5-9(4-7)13-2)10-12-11-6-14-10/h3-6H,1-2H3. The Morgan fingerprint density at radius 3 is 2.79 bits per heavy atom. The third-order valence-electron chi connectivity index (χ3n) is 1.89. The second-order valence-electron chi connectivity index (χ2n) is 2.98. The molecule has 2 aromatic rings. The quantitative estimate of drug-likeness (QED) is 0.727. The number of aromatic nitrogens is 2. The Labute approximate surface area is 81.5 Å². The summed E-state index contributed by atoms with van der Waals surface area (Å²) in [7, 11) is 1.63. The maximum Gasteiger partial charge on any atom is 0.247 e. The molecule has 0 bridgehead atoms. The van der Waals surface area contributed by atoms with Gasteiger partial charge in [-0.05, 0) is 30.7 Å². The van der Waals surface area contributed by atoms with E-state index in [9.17, 15) is 0 Å². The van der Waals surface area contributed by atoms with Crippen LogP contribution in [0, 0.1) is 6.92 Å². The third kappa shape index (κ3) is 1.59. The highest BCUT2D eigenvalue weighted by atomic mass is 16.5. The van der Waals surface area contributed by atoms with Crippen LogP contribution < -0.4 is 4.74 Å². The molecule has 72 valence electrons. The largest absolute Gasteiger partial charge is 0.497 e. The molecule has 1 heterocycles. The zero-order chi connectivity index (χ0) is 9.97. The van der Waals surface area contributed by atoms with Crippen molar-refractivity contribution in [2.45, 2.75) is 6.92 Å². The van der Waals surface area contributed by atoms with Gasteiger partial charge in [0.15, 0.2) is 0 Å². The lowest BCUT2D eigenvalue weighted by Crippen LogP contribution is -1.86. The van der Waals surface area contributed by atoms with Gasteiger partial charge >= 0.3 is 0 Å². The molecule has 0 aliphatic carbocycles. The van der Waals surface area contributed by atoms with Gasteiger partial charge in [0, 0.05) is 5.56 Å². The first kappa shape index (κ1) is 8.74. The zero-order valence-corrected chi connectivity index (χ0v) is 8.02. The van der Waals surface area contributed by atoms with Crippen molar-refractivity contribution in [1.82, 2.24) is 10.2 Å². The molecule has 0 amide bonds. The molecule has 0 spiro atoms. The van der Waals surface area contributed by atoms with E-state index in [1.165, 1.54) is 6.39 Å². The molecule has 0 atom stereocenters. The molecule has 4 nitrogen and oxygen atoms in total. The van der Waals surface area contributed by atoms with Crippen LogP contribution in [0.5, 0.6) is 5.75 Å². The summed E-state index contributed by atoms with van der Waals surface area (Å²) < 4.78 is 10.2. The molecule has 0 aliphatic heterocycles. The van der Waals surface area contributed by atoms with Gasteiger partial charge in [-0.25, -0.2) is 0 Å². The molecule has 0 aliphatic rings. The summed E-state index contributed by atoms with van der Waals surface area (Å²) in [6.45, 7) is 1.99. The van der Waals surface area contributed by atoms with E-state index in [-0.39, 0.29) is 0 Å². The highest BCUT2D eigenvalue weighted by molar-refractivity contribution is 5.57. The van der Waals surface area contributed by atoms with Crippen molar-refractivity contribution in [3.63, 3.8) is 0 Å². The molecule has 4 heteroatoms. The molecular weight excluding hydrogens is 180 g/mol. The van der Waals surface area contributed by atoms with Crippen LogP contribution in [0.3, 0.4) is 0 Å². The van der Waals surface area contributed by atoms with Gasteiger partial charge in [0.1, 0.15) is 5.75 Å². The summed E-state index contributed by atoms with van der Waals surface area (Å²) >= 11 is 0. The number of aryl methyl sites for hydroxylation is 1. The van der Waals surface area contributed by atoms with Crippen molar-refractivity contribution in [2.24, 2.45) is 0 Å². The number of hydrogen-bond donors (Lipinski definition) is 0. The first-order valence-electron chi connectivity index (χ1n) is 4.22. The Hall–Kier alpha value is -1.84. The van der Waals surface area contributed by atoms with Crippen molar-refractivity contribution >= 4 is 0 Å². The zero-order valence-electron chi connectivity index (χ0n) is 8.02. The van der Waals surface area contributed by atoms with Crippen molar-refractivity contribution < 1.29 is 9.15 Å².